The first-order valence-electron chi connectivity index (χ1n) is 6.18. The molecule has 1 aliphatic rings. The number of benzene rings is 1. The number of Topliss-reactive ketones (excluding diaryl/α,β-unsaturated/α-hetero) is 1. The second kappa shape index (κ2) is 6.16. The van der Waals surface area contributed by atoms with Crippen molar-refractivity contribution in [1.82, 2.24) is 0 Å². The fourth-order valence-electron chi connectivity index (χ4n) is 2.10. The van der Waals surface area contributed by atoms with Gasteiger partial charge in [-0.2, -0.15) is 0 Å². The maximum atomic E-state index is 11.6. The Kier molecular flexibility index (Phi) is 4.55. The lowest BCUT2D eigenvalue weighted by molar-refractivity contribution is -0.117. The van der Waals surface area contributed by atoms with Gasteiger partial charge in [-0.25, -0.2) is 0 Å². The molecule has 0 heterocycles. The summed E-state index contributed by atoms with van der Waals surface area (Å²) in [6.45, 7) is 0. The van der Waals surface area contributed by atoms with Crippen LogP contribution in [-0.2, 0) is 16.0 Å². The van der Waals surface area contributed by atoms with E-state index in [1.807, 2.05) is 24.3 Å². The highest BCUT2D eigenvalue weighted by molar-refractivity contribution is 8.00. The molecule has 0 spiro atoms. The van der Waals surface area contributed by atoms with Gasteiger partial charge in [0.25, 0.3) is 0 Å². The van der Waals surface area contributed by atoms with Crippen LogP contribution in [0.1, 0.15) is 24.8 Å². The van der Waals surface area contributed by atoms with Gasteiger partial charge in [0.05, 0.1) is 11.3 Å². The van der Waals surface area contributed by atoms with Crippen molar-refractivity contribution in [3.63, 3.8) is 0 Å². The van der Waals surface area contributed by atoms with Crippen molar-refractivity contribution >= 4 is 23.8 Å². The summed E-state index contributed by atoms with van der Waals surface area (Å²) < 4.78 is 0. The Morgan fingerprint density at radius 1 is 1.39 bits per heavy atom. The Morgan fingerprint density at radius 2 is 2.11 bits per heavy atom. The van der Waals surface area contributed by atoms with Crippen LogP contribution in [0.25, 0.3) is 0 Å². The minimum atomic E-state index is -0.431. The van der Waals surface area contributed by atoms with Crippen LogP contribution in [0, 0.1) is 0 Å². The van der Waals surface area contributed by atoms with Crippen LogP contribution in [0.15, 0.2) is 29.2 Å². The van der Waals surface area contributed by atoms with E-state index in [4.69, 9.17) is 5.73 Å². The Bertz CT molecular complexity index is 430. The lowest BCUT2D eigenvalue weighted by Crippen LogP contribution is -2.23. The fraction of sp³-hybridized carbons (Fsp3) is 0.429. The fourth-order valence-corrected chi connectivity index (χ4v) is 3.25. The number of aldehydes is 1. The van der Waals surface area contributed by atoms with Gasteiger partial charge in [0.2, 0.25) is 0 Å². The number of hydrogen-bond acceptors (Lipinski definition) is 4. The maximum absolute atomic E-state index is 11.6. The highest BCUT2D eigenvalue weighted by Gasteiger charge is 2.24. The molecule has 0 aliphatic heterocycles. The monoisotopic (exact) mass is 263 g/mol. The quantitative estimate of drug-likeness (QED) is 0.825. The van der Waals surface area contributed by atoms with E-state index in [2.05, 4.69) is 0 Å². The van der Waals surface area contributed by atoms with Crippen LogP contribution < -0.4 is 5.73 Å². The molecule has 0 amide bonds. The average molecular weight is 263 g/mol. The molecule has 1 aromatic rings. The zero-order valence-electron chi connectivity index (χ0n) is 10.2. The number of carbonyl (C=O) groups excluding carboxylic acids is 2. The number of nitrogens with two attached hydrogens (primary N) is 1. The standard InChI is InChI=1S/C14H17NO2S/c15-11(9-16)8-10-4-6-12(7-5-10)18-14-3-1-2-13(14)17/h4-7,9,11,14H,1-3,8,15H2. The van der Waals surface area contributed by atoms with Gasteiger partial charge >= 0.3 is 0 Å². The van der Waals surface area contributed by atoms with E-state index in [9.17, 15) is 9.59 Å². The third-order valence-corrected chi connectivity index (χ3v) is 4.42. The highest BCUT2D eigenvalue weighted by atomic mass is 32.2. The van der Waals surface area contributed by atoms with Crippen molar-refractivity contribution in [1.29, 1.82) is 0 Å². The summed E-state index contributed by atoms with van der Waals surface area (Å²) in [5.74, 6) is 0.368. The molecule has 96 valence electrons. The average Bonchev–Trinajstić information content (AvgIpc) is 2.77. The highest BCUT2D eigenvalue weighted by Crippen LogP contribution is 2.32. The molecule has 18 heavy (non-hydrogen) atoms. The molecule has 0 aromatic heterocycles. The maximum Gasteiger partial charge on any atom is 0.146 e. The van der Waals surface area contributed by atoms with E-state index in [0.717, 1.165) is 36.0 Å². The van der Waals surface area contributed by atoms with Crippen LogP contribution in [0.4, 0.5) is 0 Å². The lowest BCUT2D eigenvalue weighted by atomic mass is 10.1. The molecule has 3 nitrogen and oxygen atoms in total. The Morgan fingerprint density at radius 3 is 2.67 bits per heavy atom. The van der Waals surface area contributed by atoms with Crippen LogP contribution in [0.2, 0.25) is 0 Å². The molecule has 1 aliphatic carbocycles. The molecule has 1 aromatic carbocycles. The van der Waals surface area contributed by atoms with Gasteiger partial charge in [0.15, 0.2) is 0 Å². The number of ketones is 1. The van der Waals surface area contributed by atoms with Crippen molar-refractivity contribution < 1.29 is 9.59 Å². The Balaban J connectivity index is 1.95. The van der Waals surface area contributed by atoms with Crippen molar-refractivity contribution in [2.75, 3.05) is 0 Å². The molecule has 2 N–H and O–H groups in total. The third-order valence-electron chi connectivity index (χ3n) is 3.10. The topological polar surface area (TPSA) is 60.2 Å². The molecule has 2 rings (SSSR count). The largest absolute Gasteiger partial charge is 0.321 e. The number of thioether (sulfide) groups is 1. The smallest absolute Gasteiger partial charge is 0.146 e. The van der Waals surface area contributed by atoms with Crippen LogP contribution >= 0.6 is 11.8 Å². The SMILES string of the molecule is NC(C=O)Cc1ccc(SC2CCCC2=O)cc1. The second-order valence-corrected chi connectivity index (χ2v) is 5.89. The molecule has 0 saturated heterocycles. The molecule has 1 saturated carbocycles. The number of carbonyl (C=O) groups is 2. The number of hydrogen-bond donors (Lipinski definition) is 1. The summed E-state index contributed by atoms with van der Waals surface area (Å²) in [5.41, 5.74) is 6.63. The van der Waals surface area contributed by atoms with Crippen LogP contribution in [-0.4, -0.2) is 23.4 Å². The van der Waals surface area contributed by atoms with Gasteiger partial charge in [-0.05, 0) is 37.0 Å². The first kappa shape index (κ1) is 13.3. The van der Waals surface area contributed by atoms with Gasteiger partial charge in [-0.3, -0.25) is 4.79 Å². The van der Waals surface area contributed by atoms with Crippen molar-refractivity contribution in [2.45, 2.75) is 41.9 Å². The van der Waals surface area contributed by atoms with Crippen LogP contribution in [0.3, 0.4) is 0 Å². The zero-order valence-corrected chi connectivity index (χ0v) is 11.0. The summed E-state index contributed by atoms with van der Waals surface area (Å²) in [5, 5.41) is 0.132. The van der Waals surface area contributed by atoms with Crippen LogP contribution in [0.5, 0.6) is 0 Å². The van der Waals surface area contributed by atoms with Gasteiger partial charge in [-0.15, -0.1) is 11.8 Å². The van der Waals surface area contributed by atoms with E-state index >= 15 is 0 Å². The molecular weight excluding hydrogens is 246 g/mol. The minimum Gasteiger partial charge on any atom is -0.321 e. The van der Waals surface area contributed by atoms with E-state index in [0.29, 0.717) is 12.2 Å². The van der Waals surface area contributed by atoms with E-state index in [-0.39, 0.29) is 5.25 Å². The van der Waals surface area contributed by atoms with Crippen molar-refractivity contribution in [3.8, 4) is 0 Å². The van der Waals surface area contributed by atoms with Gasteiger partial charge < -0.3 is 10.5 Å². The molecule has 0 radical (unpaired) electrons. The predicted molar refractivity (Wildman–Crippen MR) is 72.7 cm³/mol. The summed E-state index contributed by atoms with van der Waals surface area (Å²) in [7, 11) is 0. The van der Waals surface area contributed by atoms with Gasteiger partial charge in [0, 0.05) is 11.3 Å². The summed E-state index contributed by atoms with van der Waals surface area (Å²) in [6, 6.07) is 7.53. The van der Waals surface area contributed by atoms with E-state index < -0.39 is 6.04 Å². The normalized spacial score (nSPS) is 20.9. The van der Waals surface area contributed by atoms with E-state index in [1.165, 1.54) is 0 Å². The van der Waals surface area contributed by atoms with Gasteiger partial charge in [0.1, 0.15) is 12.1 Å². The lowest BCUT2D eigenvalue weighted by Gasteiger charge is -2.09. The summed E-state index contributed by atoms with van der Waals surface area (Å²) in [6.07, 6.45) is 4.06. The first-order chi connectivity index (χ1) is 8.69. The molecular formula is C14H17NO2S. The second-order valence-electron chi connectivity index (χ2n) is 4.61. The van der Waals surface area contributed by atoms with Crippen molar-refractivity contribution in [2.24, 2.45) is 5.73 Å². The molecule has 0 bridgehead atoms. The minimum absolute atomic E-state index is 0.132. The first-order valence-corrected chi connectivity index (χ1v) is 7.06. The summed E-state index contributed by atoms with van der Waals surface area (Å²) in [4.78, 5) is 23.1. The zero-order chi connectivity index (χ0) is 13.0. The predicted octanol–water partition coefficient (Wildman–Crippen LogP) is 1.97. The van der Waals surface area contributed by atoms with Crippen molar-refractivity contribution in [3.05, 3.63) is 29.8 Å². The van der Waals surface area contributed by atoms with Gasteiger partial charge in [-0.1, -0.05) is 12.1 Å². The Labute approximate surface area is 111 Å². The molecule has 2 unspecified atom stereocenters. The van der Waals surface area contributed by atoms with E-state index in [1.54, 1.807) is 11.8 Å². The Hall–Kier alpha value is -1.13. The molecule has 1 fully saturated rings. The molecule has 4 heteroatoms. The number of rotatable bonds is 5. The third kappa shape index (κ3) is 3.43. The summed E-state index contributed by atoms with van der Waals surface area (Å²) >= 11 is 1.64. The molecule has 2 atom stereocenters.